The molecule has 2 unspecified atom stereocenters. The molecule has 300 valence electrons. The maximum absolute atomic E-state index is 11.3. The summed E-state index contributed by atoms with van der Waals surface area (Å²) in [5, 5.41) is 17.8. The average Bonchev–Trinajstić information content (AvgIpc) is 4.01. The highest BCUT2D eigenvalue weighted by molar-refractivity contribution is 14.2. The number of aliphatic carboxylic acids is 2. The van der Waals surface area contributed by atoms with Gasteiger partial charge in [-0.15, -0.1) is 0 Å². The molecular formula is C42H51I3O8S2. The lowest BCUT2D eigenvalue weighted by Crippen LogP contribution is -2.05. The number of carbonyl (C=O) groups is 3. The second-order valence-corrected chi connectivity index (χ2v) is 18.3. The van der Waals surface area contributed by atoms with Gasteiger partial charge in [-0.2, -0.15) is 13.5 Å². The topological polar surface area (TPSA) is 119 Å². The van der Waals surface area contributed by atoms with Gasteiger partial charge in [0.15, 0.2) is 0 Å². The summed E-state index contributed by atoms with van der Waals surface area (Å²) in [6.45, 7) is 3.98. The third-order valence-corrected chi connectivity index (χ3v) is 16.5. The molecule has 0 radical (unpaired) electrons. The van der Waals surface area contributed by atoms with Gasteiger partial charge in [0, 0.05) is 42.4 Å². The number of ether oxygens (including phenoxy) is 3. The summed E-state index contributed by atoms with van der Waals surface area (Å²) in [6, 6.07) is 12.5. The van der Waals surface area contributed by atoms with Crippen LogP contribution in [0.3, 0.4) is 0 Å². The van der Waals surface area contributed by atoms with Crippen LogP contribution >= 0.6 is 88.8 Å². The van der Waals surface area contributed by atoms with Crippen LogP contribution in [-0.2, 0) is 52.9 Å². The van der Waals surface area contributed by atoms with Crippen LogP contribution in [-0.4, -0.2) is 56.4 Å². The molecule has 3 aromatic carbocycles. The van der Waals surface area contributed by atoms with Crippen molar-refractivity contribution in [1.29, 1.82) is 0 Å². The number of ketones is 1. The van der Waals surface area contributed by atoms with Crippen molar-refractivity contribution in [3.8, 4) is 17.2 Å². The average molecular weight is 1130 g/mol. The summed E-state index contributed by atoms with van der Waals surface area (Å²) >= 11 is 6.72. The molecule has 9 rings (SSSR count). The Hall–Kier alpha value is -1.44. The van der Waals surface area contributed by atoms with Crippen molar-refractivity contribution in [2.75, 3.05) is 28.5 Å². The summed E-state index contributed by atoms with van der Waals surface area (Å²) < 4.78 is 17.8. The Morgan fingerprint density at radius 3 is 1.20 bits per heavy atom. The molecule has 0 saturated carbocycles. The summed E-state index contributed by atoms with van der Waals surface area (Å²) in [7, 11) is 1.81. The molecule has 0 aromatic heterocycles. The van der Waals surface area contributed by atoms with Crippen LogP contribution in [0.2, 0.25) is 0 Å². The fourth-order valence-electron chi connectivity index (χ4n) is 9.03. The number of hydrogen-bond acceptors (Lipinski definition) is 7. The van der Waals surface area contributed by atoms with Crippen molar-refractivity contribution >= 4 is 107 Å². The molecule has 13 heteroatoms. The second-order valence-electron chi connectivity index (χ2n) is 14.2. The molecule has 0 bridgehead atoms. The second kappa shape index (κ2) is 22.6. The molecule has 3 aliphatic heterocycles. The first-order valence-electron chi connectivity index (χ1n) is 18.6. The largest absolute Gasteiger partial charge is 0.493 e. The molecule has 0 amide bonds. The first-order chi connectivity index (χ1) is 26.2. The van der Waals surface area contributed by atoms with Gasteiger partial charge in [-0.3, -0.25) is 9.59 Å². The van der Waals surface area contributed by atoms with E-state index in [9.17, 15) is 14.4 Å². The van der Waals surface area contributed by atoms with Crippen molar-refractivity contribution < 1.29 is 38.8 Å². The van der Waals surface area contributed by atoms with Crippen molar-refractivity contribution in [2.24, 2.45) is 0 Å². The number of carboxylic acid groups (broad SMARTS) is 2. The predicted octanol–water partition coefficient (Wildman–Crippen LogP) is 10.5. The summed E-state index contributed by atoms with van der Waals surface area (Å²) in [4.78, 5) is 34.9. The molecule has 0 saturated heterocycles. The lowest BCUT2D eigenvalue weighted by molar-refractivity contribution is -0.138. The Kier molecular flexibility index (Phi) is 19.0. The molecular weight excluding hydrogens is 1080 g/mol. The van der Waals surface area contributed by atoms with E-state index in [0.29, 0.717) is 18.1 Å². The van der Waals surface area contributed by atoms with Crippen LogP contribution in [0, 0.1) is 0 Å². The van der Waals surface area contributed by atoms with Gasteiger partial charge in [0.25, 0.3) is 0 Å². The number of benzene rings is 3. The highest BCUT2D eigenvalue weighted by Crippen LogP contribution is 2.45. The Morgan fingerprint density at radius 2 is 0.927 bits per heavy atom. The Labute approximate surface area is 375 Å². The third kappa shape index (κ3) is 11.6. The summed E-state index contributed by atoms with van der Waals surface area (Å²) in [6.07, 6.45) is 10.3. The van der Waals surface area contributed by atoms with Gasteiger partial charge in [0.05, 0.1) is 36.4 Å². The van der Waals surface area contributed by atoms with E-state index in [-0.39, 0.29) is 38.2 Å². The van der Waals surface area contributed by atoms with E-state index in [1.807, 2.05) is 26.0 Å². The molecule has 55 heavy (non-hydrogen) atoms. The Morgan fingerprint density at radius 1 is 0.618 bits per heavy atom. The van der Waals surface area contributed by atoms with Crippen LogP contribution in [0.25, 0.3) is 0 Å². The number of Topliss-reactive ketones (excluding diaryl/α,β-unsaturated/α-hetero) is 1. The van der Waals surface area contributed by atoms with Gasteiger partial charge in [-0.1, -0.05) is 72.3 Å². The molecule has 8 nitrogen and oxygen atoms in total. The number of alkyl halides is 2. The fraction of sp³-hybridized carbons (Fsp3) is 0.500. The fourth-order valence-corrected chi connectivity index (χ4v) is 9.03. The van der Waals surface area contributed by atoms with E-state index < -0.39 is 11.9 Å². The molecule has 3 heterocycles. The minimum atomic E-state index is -0.700. The minimum Gasteiger partial charge on any atom is -0.493 e. The van der Waals surface area contributed by atoms with Gasteiger partial charge in [-0.05, 0) is 141 Å². The maximum Gasteiger partial charge on any atom is 0.303 e. The monoisotopic (exact) mass is 1130 g/mol. The molecule has 0 spiro atoms. The third-order valence-electron chi connectivity index (χ3n) is 11.0. The van der Waals surface area contributed by atoms with Gasteiger partial charge >= 0.3 is 11.9 Å². The highest BCUT2D eigenvalue weighted by atomic mass is 127. The van der Waals surface area contributed by atoms with Gasteiger partial charge in [0.2, 0.25) is 0 Å². The Balaban J connectivity index is 0.000000170. The zero-order chi connectivity index (χ0) is 38.8. The zero-order valence-electron chi connectivity index (χ0n) is 31.4. The highest BCUT2D eigenvalue weighted by Gasteiger charge is 2.32. The molecule has 6 aliphatic rings. The quantitative estimate of drug-likeness (QED) is 0.176. The van der Waals surface area contributed by atoms with E-state index in [0.717, 1.165) is 94.9 Å². The van der Waals surface area contributed by atoms with Gasteiger partial charge < -0.3 is 29.2 Å². The van der Waals surface area contributed by atoms with Gasteiger partial charge in [-0.25, -0.2) is 0 Å². The molecule has 3 aromatic rings. The molecule has 2 N–H and O–H groups in total. The molecule has 3 atom stereocenters. The number of carboxylic acids is 2. The van der Waals surface area contributed by atoms with Crippen molar-refractivity contribution in [3.63, 3.8) is 0 Å². The van der Waals surface area contributed by atoms with Crippen molar-refractivity contribution in [3.05, 3.63) is 86.5 Å². The minimum absolute atomic E-state index is 0. The van der Waals surface area contributed by atoms with Crippen LogP contribution in [0.15, 0.2) is 36.4 Å². The SMILES string of the molecule is CC(=O)C[C@@H]1CCc2ccc3c(c21)CCO3.CI.ICSI.O=C(O)CC1CCc2ccc3c(c21)CCO3.O=C(O)CC1CCc2ccc3c(c21)CCO3.S. The van der Waals surface area contributed by atoms with Crippen LogP contribution in [0.4, 0.5) is 0 Å². The van der Waals surface area contributed by atoms with E-state index >= 15 is 0 Å². The van der Waals surface area contributed by atoms with Crippen molar-refractivity contribution in [1.82, 2.24) is 0 Å². The van der Waals surface area contributed by atoms with Crippen molar-refractivity contribution in [2.45, 2.75) is 102 Å². The molecule has 0 fully saturated rings. The van der Waals surface area contributed by atoms with Gasteiger partial charge in [0.1, 0.15) is 23.0 Å². The van der Waals surface area contributed by atoms with E-state index in [2.05, 4.69) is 90.7 Å². The normalized spacial score (nSPS) is 19.3. The van der Waals surface area contributed by atoms with Crippen LogP contribution in [0.1, 0.15) is 113 Å². The number of hydrogen-bond donors (Lipinski definition) is 2. The molecule has 3 aliphatic carbocycles. The number of fused-ring (bicyclic) bond motifs is 9. The van der Waals surface area contributed by atoms with Crippen LogP contribution in [0.5, 0.6) is 17.2 Å². The number of halogens is 3. The van der Waals surface area contributed by atoms with E-state index in [1.165, 1.54) is 53.8 Å². The maximum atomic E-state index is 11.3. The Bertz CT molecular complexity index is 1610. The van der Waals surface area contributed by atoms with Crippen LogP contribution < -0.4 is 14.2 Å². The summed E-state index contributed by atoms with van der Waals surface area (Å²) in [5.74, 6) is 2.73. The number of rotatable bonds is 7. The summed E-state index contributed by atoms with van der Waals surface area (Å²) in [5.41, 5.74) is 12.0. The smallest absolute Gasteiger partial charge is 0.303 e. The lowest BCUT2D eigenvalue weighted by Gasteiger charge is -2.13. The predicted molar refractivity (Wildman–Crippen MR) is 251 cm³/mol. The lowest BCUT2D eigenvalue weighted by atomic mass is 9.91. The standard InChI is InChI=1S/C14H16O2.2C13H14O3.CH2I2S.CH3I.H2S/c1-9(15)8-11-3-2-10-4-5-13-12(14(10)11)6-7-16-13;2*14-12(15)7-9-2-1-8-3-4-11-10(13(8)9)5-6-16-11;2-1-4-3;1-2;/h4-5,11H,2-3,6-8H2,1H3;2*3-4,9H,1-2,5-7H2,(H,14,15);1H2;1H3;1H2/t11-;;;;;/m0...../s1. The van der Waals surface area contributed by atoms with E-state index in [1.54, 1.807) is 6.92 Å². The first-order valence-corrected chi connectivity index (χ1v) is 25.8. The number of aryl methyl sites for hydroxylation is 3. The first kappa shape index (κ1) is 46.3. The zero-order valence-corrected chi connectivity index (χ0v) is 39.7. The number of carbonyl (C=O) groups excluding carboxylic acids is 1. The van der Waals surface area contributed by atoms with E-state index in [4.69, 9.17) is 24.4 Å².